The van der Waals surface area contributed by atoms with Crippen molar-refractivity contribution in [1.82, 2.24) is 18.8 Å². The molecule has 6 aromatic carbocycles. The average molecular weight is 711 g/mol. The molecule has 5 aromatic heterocycles. The number of rotatable bonds is 4. The van der Waals surface area contributed by atoms with Gasteiger partial charge in [-0.3, -0.25) is 8.80 Å². The third kappa shape index (κ3) is 4.53. The highest BCUT2D eigenvalue weighted by atomic mass is 16.5. The van der Waals surface area contributed by atoms with Gasteiger partial charge in [0.15, 0.2) is 0 Å². The molecule has 0 saturated carbocycles. The molecule has 55 heavy (non-hydrogen) atoms. The van der Waals surface area contributed by atoms with Crippen molar-refractivity contribution in [1.29, 1.82) is 0 Å². The first-order valence-corrected chi connectivity index (χ1v) is 19.0. The van der Waals surface area contributed by atoms with Gasteiger partial charge in [0, 0.05) is 55.7 Å². The molecule has 11 rings (SSSR count). The Hall–Kier alpha value is -6.72. The van der Waals surface area contributed by atoms with Crippen molar-refractivity contribution in [2.24, 2.45) is 0 Å². The van der Waals surface area contributed by atoms with Crippen LogP contribution in [0.2, 0.25) is 0 Å². The van der Waals surface area contributed by atoms with E-state index in [-0.39, 0.29) is 5.41 Å². The van der Waals surface area contributed by atoms with Crippen molar-refractivity contribution in [3.63, 3.8) is 0 Å². The van der Waals surface area contributed by atoms with E-state index in [9.17, 15) is 0 Å². The van der Waals surface area contributed by atoms with Gasteiger partial charge in [-0.1, -0.05) is 106 Å². The number of para-hydroxylation sites is 2. The Morgan fingerprint density at radius 1 is 0.527 bits per heavy atom. The minimum Gasteiger partial charge on any atom is -0.457 e. The van der Waals surface area contributed by atoms with Gasteiger partial charge < -0.3 is 4.74 Å². The number of hydrogen-bond acceptors (Lipinski definition) is 3. The molecule has 0 amide bonds. The van der Waals surface area contributed by atoms with Gasteiger partial charge in [0.1, 0.15) is 22.8 Å². The minimum absolute atomic E-state index is 0.0215. The number of hydrogen-bond donors (Lipinski definition) is 0. The average Bonchev–Trinajstić information content (AvgIpc) is 3.86. The van der Waals surface area contributed by atoms with Gasteiger partial charge in [0.2, 0.25) is 0 Å². The highest BCUT2D eigenvalue weighted by Crippen LogP contribution is 2.44. The molecule has 0 radical (unpaired) electrons. The van der Waals surface area contributed by atoms with Gasteiger partial charge in [-0.25, -0.2) is 9.97 Å². The largest absolute Gasteiger partial charge is 0.457 e. The molecule has 0 aliphatic rings. The Labute approximate surface area is 318 Å². The Bertz CT molecular complexity index is 3360. The molecule has 264 valence electrons. The number of aromatic nitrogens is 4. The molecule has 0 saturated heterocycles. The molecule has 5 nitrogen and oxygen atoms in total. The van der Waals surface area contributed by atoms with E-state index in [1.807, 2.05) is 6.20 Å². The molecule has 0 unspecified atom stereocenters. The highest BCUT2D eigenvalue weighted by molar-refractivity contribution is 6.23. The quantitative estimate of drug-likeness (QED) is 0.171. The molecule has 5 heterocycles. The van der Waals surface area contributed by atoms with Crippen LogP contribution in [-0.4, -0.2) is 18.8 Å². The lowest BCUT2D eigenvalue weighted by Crippen LogP contribution is -2.11. The summed E-state index contributed by atoms with van der Waals surface area (Å²) in [6.07, 6.45) is 1.95. The molecule has 0 N–H and O–H groups in total. The Balaban J connectivity index is 1.14. The van der Waals surface area contributed by atoms with Crippen LogP contribution in [0.15, 0.2) is 140 Å². The molecular weight excluding hydrogens is 673 g/mol. The number of benzene rings is 6. The Morgan fingerprint density at radius 2 is 1.18 bits per heavy atom. The SMILES string of the molecule is Cc1ccccc1-c1nc2c3cc(Oc4ccc5c6cccc7c8c(C(C)(C)C)ccnc8n(c5c4)c67)ccc3c3ccccc3n2c1-c1ccccc1C. The second kappa shape index (κ2) is 11.4. The topological polar surface area (TPSA) is 43.8 Å². The van der Waals surface area contributed by atoms with Crippen LogP contribution in [0.25, 0.3) is 88.1 Å². The number of imidazole rings is 1. The fraction of sp³-hybridized carbons (Fsp3) is 0.120. The summed E-state index contributed by atoms with van der Waals surface area (Å²) in [6, 6.07) is 47.5. The molecule has 5 heteroatoms. The third-order valence-corrected chi connectivity index (χ3v) is 11.6. The second-order valence-corrected chi connectivity index (χ2v) is 15.9. The van der Waals surface area contributed by atoms with E-state index in [1.165, 1.54) is 54.7 Å². The molecule has 0 spiro atoms. The first-order chi connectivity index (χ1) is 26.8. The van der Waals surface area contributed by atoms with Crippen LogP contribution in [0, 0.1) is 13.8 Å². The van der Waals surface area contributed by atoms with Crippen molar-refractivity contribution in [2.75, 3.05) is 0 Å². The molecule has 11 aromatic rings. The first kappa shape index (κ1) is 31.8. The number of fused-ring (bicyclic) bond motifs is 12. The Kier molecular flexibility index (Phi) is 6.58. The summed E-state index contributed by atoms with van der Waals surface area (Å²) < 4.78 is 11.5. The van der Waals surface area contributed by atoms with Gasteiger partial charge in [0.05, 0.1) is 27.9 Å². The first-order valence-electron chi connectivity index (χ1n) is 19.0. The molecule has 0 aliphatic heterocycles. The van der Waals surface area contributed by atoms with E-state index < -0.39 is 0 Å². The number of aryl methyl sites for hydroxylation is 2. The van der Waals surface area contributed by atoms with Crippen molar-refractivity contribution in [3.8, 4) is 34.0 Å². The molecular formula is C50H38N4O. The fourth-order valence-electron chi connectivity index (χ4n) is 9.03. The molecule has 0 bridgehead atoms. The summed E-state index contributed by atoms with van der Waals surface area (Å²) in [5, 5.41) is 8.23. The number of pyridine rings is 2. The monoisotopic (exact) mass is 710 g/mol. The maximum Gasteiger partial charge on any atom is 0.146 e. The lowest BCUT2D eigenvalue weighted by Gasteiger charge is -2.20. The Morgan fingerprint density at radius 3 is 1.96 bits per heavy atom. The maximum atomic E-state index is 6.81. The van der Waals surface area contributed by atoms with E-state index in [0.29, 0.717) is 0 Å². The fourth-order valence-corrected chi connectivity index (χ4v) is 9.03. The van der Waals surface area contributed by atoms with Crippen LogP contribution in [0.5, 0.6) is 11.5 Å². The van der Waals surface area contributed by atoms with Crippen molar-refractivity contribution >= 4 is 65.5 Å². The van der Waals surface area contributed by atoms with E-state index in [2.05, 4.69) is 177 Å². The summed E-state index contributed by atoms with van der Waals surface area (Å²) in [4.78, 5) is 10.5. The van der Waals surface area contributed by atoms with Crippen LogP contribution in [0.3, 0.4) is 0 Å². The van der Waals surface area contributed by atoms with Gasteiger partial charge >= 0.3 is 0 Å². The van der Waals surface area contributed by atoms with Gasteiger partial charge in [0.25, 0.3) is 0 Å². The van der Waals surface area contributed by atoms with Crippen LogP contribution in [0.4, 0.5) is 0 Å². The standard InChI is InChI=1S/C50H38N4O/c1-29-13-6-8-15-33(29)45-47(34-16-9-7-14-30(34)2)53-42-20-11-10-17-36(42)35-23-21-31(27-40(35)48(53)52-45)55-32-22-24-37-38-18-12-19-39-44-41(50(3,4)5)25-26-51-49(44)54(46(38)39)43(37)28-32/h6-28H,1-5H3. The van der Waals surface area contributed by atoms with Crippen molar-refractivity contribution in [3.05, 3.63) is 156 Å². The van der Waals surface area contributed by atoms with Crippen LogP contribution < -0.4 is 4.74 Å². The summed E-state index contributed by atoms with van der Waals surface area (Å²) in [5.74, 6) is 1.53. The van der Waals surface area contributed by atoms with E-state index in [1.54, 1.807) is 0 Å². The van der Waals surface area contributed by atoms with E-state index in [0.717, 1.165) is 61.6 Å². The van der Waals surface area contributed by atoms with E-state index in [4.69, 9.17) is 14.7 Å². The highest BCUT2D eigenvalue weighted by Gasteiger charge is 2.26. The van der Waals surface area contributed by atoms with E-state index >= 15 is 0 Å². The molecule has 0 fully saturated rings. The summed E-state index contributed by atoms with van der Waals surface area (Å²) >= 11 is 0. The molecule has 0 atom stereocenters. The number of ether oxygens (including phenoxy) is 1. The molecule has 0 aliphatic carbocycles. The minimum atomic E-state index is -0.0215. The summed E-state index contributed by atoms with van der Waals surface area (Å²) in [6.45, 7) is 11.2. The third-order valence-electron chi connectivity index (χ3n) is 11.6. The summed E-state index contributed by atoms with van der Waals surface area (Å²) in [7, 11) is 0. The van der Waals surface area contributed by atoms with Gasteiger partial charge in [-0.15, -0.1) is 0 Å². The van der Waals surface area contributed by atoms with Crippen LogP contribution in [0.1, 0.15) is 37.5 Å². The zero-order chi connectivity index (χ0) is 37.2. The van der Waals surface area contributed by atoms with Crippen molar-refractivity contribution < 1.29 is 4.74 Å². The van der Waals surface area contributed by atoms with Gasteiger partial charge in [-0.05, 0) is 83.8 Å². The zero-order valence-electron chi connectivity index (χ0n) is 31.5. The van der Waals surface area contributed by atoms with Gasteiger partial charge in [-0.2, -0.15) is 0 Å². The second-order valence-electron chi connectivity index (χ2n) is 15.9. The van der Waals surface area contributed by atoms with Crippen LogP contribution >= 0.6 is 0 Å². The summed E-state index contributed by atoms with van der Waals surface area (Å²) in [5.41, 5.74) is 13.4. The zero-order valence-corrected chi connectivity index (χ0v) is 31.5. The smallest absolute Gasteiger partial charge is 0.146 e. The maximum absolute atomic E-state index is 6.81. The lowest BCUT2D eigenvalue weighted by atomic mass is 9.85. The predicted molar refractivity (Wildman–Crippen MR) is 228 cm³/mol. The normalized spacial score (nSPS) is 12.5. The lowest BCUT2D eigenvalue weighted by molar-refractivity contribution is 0.484. The predicted octanol–water partition coefficient (Wildman–Crippen LogP) is 13.2. The van der Waals surface area contributed by atoms with Crippen LogP contribution in [-0.2, 0) is 5.41 Å². The van der Waals surface area contributed by atoms with Crippen molar-refractivity contribution in [2.45, 2.75) is 40.0 Å². The number of nitrogens with zero attached hydrogens (tertiary/aromatic N) is 4.